The van der Waals surface area contributed by atoms with E-state index in [1.165, 1.54) is 0 Å². The van der Waals surface area contributed by atoms with E-state index in [-0.39, 0.29) is 30.3 Å². The van der Waals surface area contributed by atoms with Crippen molar-refractivity contribution < 1.29 is 9.59 Å². The van der Waals surface area contributed by atoms with Crippen LogP contribution in [0.2, 0.25) is 5.02 Å². The van der Waals surface area contributed by atoms with Crippen molar-refractivity contribution >= 4 is 41.5 Å². The third-order valence-electron chi connectivity index (χ3n) is 4.41. The number of halogens is 2. The molecule has 1 saturated heterocycles. The molecule has 138 valence electrons. The van der Waals surface area contributed by atoms with Gasteiger partial charge >= 0.3 is 0 Å². The highest BCUT2D eigenvalue weighted by Crippen LogP contribution is 2.20. The topological polar surface area (TPSA) is 61.4 Å². The van der Waals surface area contributed by atoms with E-state index in [1.54, 1.807) is 60.5 Å². The van der Waals surface area contributed by atoms with Crippen molar-refractivity contribution in [3.63, 3.8) is 0 Å². The van der Waals surface area contributed by atoms with Crippen LogP contribution in [0.3, 0.4) is 0 Å². The molecule has 26 heavy (non-hydrogen) atoms. The Labute approximate surface area is 164 Å². The molecular weight excluding hydrogens is 373 g/mol. The smallest absolute Gasteiger partial charge is 0.256 e. The highest BCUT2D eigenvalue weighted by atomic mass is 35.5. The molecule has 1 unspecified atom stereocenters. The monoisotopic (exact) mass is 393 g/mol. The van der Waals surface area contributed by atoms with E-state index >= 15 is 0 Å². The minimum atomic E-state index is -0.276. The largest absolute Gasteiger partial charge is 0.337 e. The molecule has 2 amide bonds. The lowest BCUT2D eigenvalue weighted by Crippen LogP contribution is -2.38. The van der Waals surface area contributed by atoms with E-state index in [9.17, 15) is 9.59 Å². The Balaban J connectivity index is 0.00000243. The Morgan fingerprint density at radius 2 is 1.85 bits per heavy atom. The van der Waals surface area contributed by atoms with Crippen molar-refractivity contribution in [2.45, 2.75) is 12.5 Å². The van der Waals surface area contributed by atoms with Gasteiger partial charge in [-0.25, -0.2) is 0 Å². The number of amides is 2. The summed E-state index contributed by atoms with van der Waals surface area (Å²) in [5, 5.41) is 6.65. The number of rotatable bonds is 4. The molecule has 0 radical (unpaired) electrons. The van der Waals surface area contributed by atoms with Crippen LogP contribution in [0.25, 0.3) is 0 Å². The summed E-state index contributed by atoms with van der Waals surface area (Å²) in [4.78, 5) is 27.0. The van der Waals surface area contributed by atoms with Crippen LogP contribution in [-0.2, 0) is 0 Å². The van der Waals surface area contributed by atoms with Crippen molar-refractivity contribution in [3.8, 4) is 0 Å². The number of para-hydroxylation sites is 1. The maximum atomic E-state index is 12.8. The van der Waals surface area contributed by atoms with E-state index in [0.29, 0.717) is 21.8 Å². The van der Waals surface area contributed by atoms with Gasteiger partial charge in [-0.2, -0.15) is 0 Å². The second-order valence-corrected chi connectivity index (χ2v) is 6.51. The average Bonchev–Trinajstić information content (AvgIpc) is 3.16. The van der Waals surface area contributed by atoms with Crippen LogP contribution < -0.4 is 10.6 Å². The molecule has 0 bridgehead atoms. The Kier molecular flexibility index (Phi) is 7.03. The SMILES string of the molecule is CN(C(=O)c1ccccc1NC(=O)c1ccc(Cl)cc1)C1CCNC1.Cl. The number of hydrogen-bond acceptors (Lipinski definition) is 3. The fourth-order valence-electron chi connectivity index (χ4n) is 2.90. The van der Waals surface area contributed by atoms with E-state index in [2.05, 4.69) is 10.6 Å². The van der Waals surface area contributed by atoms with Gasteiger partial charge in [0.25, 0.3) is 11.8 Å². The molecule has 2 N–H and O–H groups in total. The molecule has 0 aromatic heterocycles. The van der Waals surface area contributed by atoms with E-state index in [1.807, 2.05) is 0 Å². The summed E-state index contributed by atoms with van der Waals surface area (Å²) in [6.45, 7) is 1.71. The summed E-state index contributed by atoms with van der Waals surface area (Å²) in [6, 6.07) is 13.9. The summed E-state index contributed by atoms with van der Waals surface area (Å²) in [5.74, 6) is -0.372. The zero-order chi connectivity index (χ0) is 17.8. The van der Waals surface area contributed by atoms with Crippen LogP contribution in [-0.4, -0.2) is 42.9 Å². The van der Waals surface area contributed by atoms with Crippen LogP contribution in [0, 0.1) is 0 Å². The van der Waals surface area contributed by atoms with Crippen molar-refractivity contribution in [2.75, 3.05) is 25.5 Å². The number of anilines is 1. The number of hydrogen-bond donors (Lipinski definition) is 2. The normalized spacial score (nSPS) is 15.8. The zero-order valence-electron chi connectivity index (χ0n) is 14.4. The molecule has 5 nitrogen and oxygen atoms in total. The van der Waals surface area contributed by atoms with Crippen LogP contribution in [0.1, 0.15) is 27.1 Å². The Bertz CT molecular complexity index is 775. The fourth-order valence-corrected chi connectivity index (χ4v) is 3.03. The molecule has 3 rings (SSSR count). The molecule has 1 heterocycles. The molecule has 7 heteroatoms. The summed E-state index contributed by atoms with van der Waals surface area (Å²) < 4.78 is 0. The highest BCUT2D eigenvalue weighted by molar-refractivity contribution is 6.30. The lowest BCUT2D eigenvalue weighted by Gasteiger charge is -2.25. The standard InChI is InChI=1S/C19H20ClN3O2.ClH/c1-23(15-10-11-21-12-15)19(25)16-4-2-3-5-17(16)22-18(24)13-6-8-14(20)9-7-13;/h2-9,15,21H,10-12H2,1H3,(H,22,24);1H. The second kappa shape index (κ2) is 9.03. The average molecular weight is 394 g/mol. The van der Waals surface area contributed by atoms with Gasteiger partial charge in [-0.05, 0) is 49.4 Å². The Hall–Kier alpha value is -2.08. The maximum Gasteiger partial charge on any atom is 0.256 e. The van der Waals surface area contributed by atoms with Gasteiger partial charge < -0.3 is 15.5 Å². The second-order valence-electron chi connectivity index (χ2n) is 6.07. The number of carbonyl (C=O) groups is 2. The summed E-state index contributed by atoms with van der Waals surface area (Å²) >= 11 is 5.85. The molecule has 1 aliphatic rings. The predicted octanol–water partition coefficient (Wildman–Crippen LogP) is 3.45. The predicted molar refractivity (Wildman–Crippen MR) is 106 cm³/mol. The zero-order valence-corrected chi connectivity index (χ0v) is 15.9. The molecule has 1 fully saturated rings. The van der Waals surface area contributed by atoms with Crippen molar-refractivity contribution in [1.82, 2.24) is 10.2 Å². The first kappa shape index (κ1) is 20.2. The number of nitrogens with one attached hydrogen (secondary N) is 2. The van der Waals surface area contributed by atoms with Crippen molar-refractivity contribution in [1.29, 1.82) is 0 Å². The Morgan fingerprint density at radius 3 is 2.50 bits per heavy atom. The maximum absolute atomic E-state index is 12.8. The van der Waals surface area contributed by atoms with Crippen molar-refractivity contribution in [3.05, 3.63) is 64.7 Å². The van der Waals surface area contributed by atoms with Gasteiger partial charge in [-0.3, -0.25) is 9.59 Å². The number of nitrogens with zero attached hydrogens (tertiary/aromatic N) is 1. The highest BCUT2D eigenvalue weighted by Gasteiger charge is 2.25. The van der Waals surface area contributed by atoms with Gasteiger partial charge in [-0.15, -0.1) is 12.4 Å². The third kappa shape index (κ3) is 4.55. The fraction of sp³-hybridized carbons (Fsp3) is 0.263. The van der Waals surface area contributed by atoms with E-state index < -0.39 is 0 Å². The molecule has 2 aromatic carbocycles. The first-order valence-electron chi connectivity index (χ1n) is 8.20. The number of likely N-dealkylation sites (N-methyl/N-ethyl adjacent to an activating group) is 1. The van der Waals surface area contributed by atoms with E-state index in [4.69, 9.17) is 11.6 Å². The van der Waals surface area contributed by atoms with Crippen LogP contribution >= 0.6 is 24.0 Å². The lowest BCUT2D eigenvalue weighted by atomic mass is 10.1. The molecular formula is C19H21Cl2N3O2. The van der Waals surface area contributed by atoms with Crippen LogP contribution in [0.15, 0.2) is 48.5 Å². The first-order valence-corrected chi connectivity index (χ1v) is 8.58. The minimum absolute atomic E-state index is 0. The van der Waals surface area contributed by atoms with Gasteiger partial charge in [0.1, 0.15) is 0 Å². The molecule has 0 spiro atoms. The first-order chi connectivity index (χ1) is 12.1. The van der Waals surface area contributed by atoms with Gasteiger partial charge in [0, 0.05) is 30.2 Å². The quantitative estimate of drug-likeness (QED) is 0.835. The number of carbonyl (C=O) groups excluding carboxylic acids is 2. The van der Waals surface area contributed by atoms with Gasteiger partial charge in [0.15, 0.2) is 0 Å². The van der Waals surface area contributed by atoms with Gasteiger partial charge in [0.2, 0.25) is 0 Å². The molecule has 0 saturated carbocycles. The Morgan fingerprint density at radius 1 is 1.15 bits per heavy atom. The van der Waals surface area contributed by atoms with Crippen LogP contribution in [0.5, 0.6) is 0 Å². The summed E-state index contributed by atoms with van der Waals surface area (Å²) in [5.41, 5.74) is 1.48. The minimum Gasteiger partial charge on any atom is -0.337 e. The summed E-state index contributed by atoms with van der Waals surface area (Å²) in [7, 11) is 1.80. The van der Waals surface area contributed by atoms with Gasteiger partial charge in [-0.1, -0.05) is 23.7 Å². The molecule has 1 atom stereocenters. The van der Waals surface area contributed by atoms with Gasteiger partial charge in [0.05, 0.1) is 11.3 Å². The third-order valence-corrected chi connectivity index (χ3v) is 4.67. The summed E-state index contributed by atoms with van der Waals surface area (Å²) in [6.07, 6.45) is 0.932. The lowest BCUT2D eigenvalue weighted by molar-refractivity contribution is 0.0745. The molecule has 1 aliphatic heterocycles. The van der Waals surface area contributed by atoms with Crippen molar-refractivity contribution in [2.24, 2.45) is 0 Å². The number of benzene rings is 2. The molecule has 2 aromatic rings. The van der Waals surface area contributed by atoms with Crippen LogP contribution in [0.4, 0.5) is 5.69 Å². The van der Waals surface area contributed by atoms with E-state index in [0.717, 1.165) is 19.5 Å². The molecule has 0 aliphatic carbocycles.